The predicted octanol–water partition coefficient (Wildman–Crippen LogP) is 16.0. The highest BCUT2D eigenvalue weighted by Gasteiger charge is 2.36. The standard InChI is InChI=1S/C48H92O6/c1-2-3-4-5-6-7-22-27-32-37-42-48(47(53)54,44-39-34-29-24-19-15-11-13-17-21-26-31-36-41-46(51)52)43-38-33-28-23-18-14-10-8-9-12-16-20-25-30-35-40-45(49)50/h2-44H2,1H3,(H,49,50)(H,51,52)(H,53,54). The second-order valence-corrected chi connectivity index (χ2v) is 17.2. The van der Waals surface area contributed by atoms with Gasteiger partial charge >= 0.3 is 17.9 Å². The molecule has 0 amide bonds. The van der Waals surface area contributed by atoms with Crippen molar-refractivity contribution in [3.8, 4) is 0 Å². The number of unbranched alkanes of at least 4 members (excludes halogenated alkanes) is 35. The van der Waals surface area contributed by atoms with Crippen molar-refractivity contribution < 1.29 is 29.7 Å². The molecule has 0 rings (SSSR count). The first kappa shape index (κ1) is 52.4. The van der Waals surface area contributed by atoms with Crippen LogP contribution in [0.5, 0.6) is 0 Å². The third kappa shape index (κ3) is 37.3. The molecule has 0 aromatic heterocycles. The summed E-state index contributed by atoms with van der Waals surface area (Å²) in [6, 6.07) is 0. The van der Waals surface area contributed by atoms with Gasteiger partial charge in [0.15, 0.2) is 0 Å². The molecule has 3 N–H and O–H groups in total. The largest absolute Gasteiger partial charge is 0.481 e. The van der Waals surface area contributed by atoms with E-state index in [1.54, 1.807) is 0 Å². The van der Waals surface area contributed by atoms with E-state index in [2.05, 4.69) is 6.92 Å². The van der Waals surface area contributed by atoms with Crippen LogP contribution < -0.4 is 0 Å². The van der Waals surface area contributed by atoms with Gasteiger partial charge in [0.25, 0.3) is 0 Å². The van der Waals surface area contributed by atoms with E-state index in [4.69, 9.17) is 10.2 Å². The molecule has 0 heterocycles. The Morgan fingerprint density at radius 2 is 0.481 bits per heavy atom. The molecule has 1 atom stereocenters. The van der Waals surface area contributed by atoms with Crippen molar-refractivity contribution in [3.63, 3.8) is 0 Å². The molecule has 1 unspecified atom stereocenters. The van der Waals surface area contributed by atoms with Gasteiger partial charge in [0.2, 0.25) is 0 Å². The molecular weight excluding hydrogens is 673 g/mol. The minimum absolute atomic E-state index is 0.308. The van der Waals surface area contributed by atoms with Crippen molar-refractivity contribution in [1.29, 1.82) is 0 Å². The second kappa shape index (κ2) is 41.1. The van der Waals surface area contributed by atoms with E-state index >= 15 is 0 Å². The van der Waals surface area contributed by atoms with Crippen LogP contribution in [0.4, 0.5) is 0 Å². The van der Waals surface area contributed by atoms with Gasteiger partial charge in [-0.3, -0.25) is 14.4 Å². The lowest BCUT2D eigenvalue weighted by atomic mass is 9.74. The fourth-order valence-corrected chi connectivity index (χ4v) is 8.37. The Hall–Kier alpha value is -1.59. The van der Waals surface area contributed by atoms with Gasteiger partial charge in [-0.1, -0.05) is 238 Å². The molecule has 0 aliphatic carbocycles. The molecule has 0 aromatic carbocycles. The van der Waals surface area contributed by atoms with Crippen LogP contribution >= 0.6 is 0 Å². The minimum Gasteiger partial charge on any atom is -0.481 e. The van der Waals surface area contributed by atoms with Gasteiger partial charge in [0.05, 0.1) is 5.41 Å². The zero-order chi connectivity index (χ0) is 39.6. The molecule has 6 heteroatoms. The van der Waals surface area contributed by atoms with Crippen molar-refractivity contribution in [2.75, 3.05) is 0 Å². The first-order valence-electron chi connectivity index (χ1n) is 24.0. The normalized spacial score (nSPS) is 12.6. The summed E-state index contributed by atoms with van der Waals surface area (Å²) >= 11 is 0. The van der Waals surface area contributed by atoms with Gasteiger partial charge in [-0.25, -0.2) is 0 Å². The van der Waals surface area contributed by atoms with E-state index in [1.165, 1.54) is 186 Å². The molecule has 0 bridgehead atoms. The van der Waals surface area contributed by atoms with E-state index in [0.717, 1.165) is 77.0 Å². The maximum Gasteiger partial charge on any atom is 0.309 e. The van der Waals surface area contributed by atoms with Crippen LogP contribution in [0.3, 0.4) is 0 Å². The van der Waals surface area contributed by atoms with Crippen molar-refractivity contribution in [1.82, 2.24) is 0 Å². The van der Waals surface area contributed by atoms with Gasteiger partial charge in [-0.2, -0.15) is 0 Å². The van der Waals surface area contributed by atoms with E-state index in [1.807, 2.05) is 0 Å². The number of carbonyl (C=O) groups is 3. The molecule has 0 fully saturated rings. The second-order valence-electron chi connectivity index (χ2n) is 17.2. The first-order valence-corrected chi connectivity index (χ1v) is 24.0. The molecule has 54 heavy (non-hydrogen) atoms. The number of rotatable bonds is 46. The fraction of sp³-hybridized carbons (Fsp3) is 0.938. The van der Waals surface area contributed by atoms with Gasteiger partial charge in [0.1, 0.15) is 0 Å². The Morgan fingerprint density at radius 1 is 0.296 bits per heavy atom. The van der Waals surface area contributed by atoms with Crippen LogP contribution in [-0.4, -0.2) is 33.2 Å². The molecule has 6 nitrogen and oxygen atoms in total. The Bertz CT molecular complexity index is 828. The quantitative estimate of drug-likeness (QED) is 0.0532. The lowest BCUT2D eigenvalue weighted by Gasteiger charge is -2.30. The van der Waals surface area contributed by atoms with Crippen LogP contribution in [0, 0.1) is 5.41 Å². The van der Waals surface area contributed by atoms with Crippen LogP contribution in [0.15, 0.2) is 0 Å². The Morgan fingerprint density at radius 3 is 0.667 bits per heavy atom. The van der Waals surface area contributed by atoms with Gasteiger partial charge < -0.3 is 15.3 Å². The molecular formula is C48H92O6. The summed E-state index contributed by atoms with van der Waals surface area (Å²) in [6.07, 6.45) is 49.8. The SMILES string of the molecule is CCCCCCCCCCCCC(CCCCCCCCCCCCCCCCCC(=O)O)(CCCCCCCCCCCCCCCC(=O)O)C(=O)O. The zero-order valence-electron chi connectivity index (χ0n) is 36.0. The average Bonchev–Trinajstić information content (AvgIpc) is 3.14. The smallest absolute Gasteiger partial charge is 0.309 e. The maximum atomic E-state index is 12.9. The summed E-state index contributed by atoms with van der Waals surface area (Å²) in [5.74, 6) is -1.88. The summed E-state index contributed by atoms with van der Waals surface area (Å²) in [5.41, 5.74) is -0.522. The van der Waals surface area contributed by atoms with Crippen LogP contribution in [0.2, 0.25) is 0 Å². The molecule has 320 valence electrons. The third-order valence-corrected chi connectivity index (χ3v) is 12.1. The maximum absolute atomic E-state index is 12.9. The lowest BCUT2D eigenvalue weighted by molar-refractivity contribution is -0.151. The highest BCUT2D eigenvalue weighted by molar-refractivity contribution is 5.74. The fourth-order valence-electron chi connectivity index (χ4n) is 8.37. The lowest BCUT2D eigenvalue weighted by Crippen LogP contribution is -2.31. The molecule has 0 saturated heterocycles. The minimum atomic E-state index is -0.677. The molecule has 0 aromatic rings. The van der Waals surface area contributed by atoms with Crippen molar-refractivity contribution in [3.05, 3.63) is 0 Å². The predicted molar refractivity (Wildman–Crippen MR) is 230 cm³/mol. The third-order valence-electron chi connectivity index (χ3n) is 12.1. The molecule has 0 saturated carbocycles. The number of hydrogen-bond acceptors (Lipinski definition) is 3. The Kier molecular flexibility index (Phi) is 39.8. The highest BCUT2D eigenvalue weighted by atomic mass is 16.4. The topological polar surface area (TPSA) is 112 Å². The van der Waals surface area contributed by atoms with Gasteiger partial charge in [0, 0.05) is 12.8 Å². The highest BCUT2D eigenvalue weighted by Crippen LogP contribution is 2.38. The first-order chi connectivity index (χ1) is 26.3. The van der Waals surface area contributed by atoms with E-state index in [0.29, 0.717) is 12.8 Å². The van der Waals surface area contributed by atoms with Crippen LogP contribution in [-0.2, 0) is 14.4 Å². The van der Waals surface area contributed by atoms with Crippen molar-refractivity contribution in [2.24, 2.45) is 5.41 Å². The average molecular weight is 765 g/mol. The van der Waals surface area contributed by atoms with Crippen molar-refractivity contribution in [2.45, 2.75) is 283 Å². The molecule has 0 aliphatic heterocycles. The summed E-state index contributed by atoms with van der Waals surface area (Å²) in [4.78, 5) is 34.1. The molecule has 0 radical (unpaired) electrons. The van der Waals surface area contributed by atoms with Crippen LogP contribution in [0.25, 0.3) is 0 Å². The number of aliphatic carboxylic acids is 3. The van der Waals surface area contributed by atoms with Crippen molar-refractivity contribution >= 4 is 17.9 Å². The summed E-state index contributed by atoms with van der Waals surface area (Å²) < 4.78 is 0. The number of carboxylic acid groups (broad SMARTS) is 3. The van der Waals surface area contributed by atoms with E-state index in [-0.39, 0.29) is 0 Å². The summed E-state index contributed by atoms with van der Waals surface area (Å²) in [6.45, 7) is 2.27. The van der Waals surface area contributed by atoms with Crippen LogP contribution in [0.1, 0.15) is 283 Å². The van der Waals surface area contributed by atoms with E-state index in [9.17, 15) is 19.5 Å². The van der Waals surface area contributed by atoms with E-state index < -0.39 is 23.3 Å². The monoisotopic (exact) mass is 765 g/mol. The number of hydrogen-bond donors (Lipinski definition) is 3. The molecule has 0 spiro atoms. The van der Waals surface area contributed by atoms with Gasteiger partial charge in [-0.15, -0.1) is 0 Å². The summed E-state index contributed by atoms with van der Waals surface area (Å²) in [7, 11) is 0. The molecule has 0 aliphatic rings. The zero-order valence-corrected chi connectivity index (χ0v) is 36.0. The summed E-state index contributed by atoms with van der Waals surface area (Å²) in [5, 5.41) is 28.0. The Balaban J connectivity index is 4.27. The van der Waals surface area contributed by atoms with Gasteiger partial charge in [-0.05, 0) is 32.1 Å². The Labute approximate surface area is 335 Å². The number of carboxylic acids is 3.